The molecular weight excluding hydrogens is 1040 g/mol. The lowest BCUT2D eigenvalue weighted by atomic mass is 9.88. The zero-order valence-electron chi connectivity index (χ0n) is 50.0. The molecule has 0 unspecified atom stereocenters. The highest BCUT2D eigenvalue weighted by molar-refractivity contribution is 5.99. The Morgan fingerprint density at radius 1 is 0.531 bits per heavy atom. The maximum Gasteiger partial charge on any atom is 0.317 e. The van der Waals surface area contributed by atoms with Crippen LogP contribution in [-0.2, 0) is 70.1 Å². The summed E-state index contributed by atoms with van der Waals surface area (Å²) < 4.78 is 21.1. The molecule has 19 nitrogen and oxygen atoms in total. The van der Waals surface area contributed by atoms with Gasteiger partial charge in [0.1, 0.15) is 17.0 Å². The van der Waals surface area contributed by atoms with E-state index in [1.807, 2.05) is 126 Å². The number of nitrogens with two attached hydrogens (primary N) is 1. The smallest absolute Gasteiger partial charge is 0.317 e. The predicted molar refractivity (Wildman–Crippen MR) is 309 cm³/mol. The van der Waals surface area contributed by atoms with Crippen LogP contribution in [0.5, 0.6) is 0 Å². The Bertz CT molecular complexity index is 2310. The van der Waals surface area contributed by atoms with E-state index in [1.165, 1.54) is 0 Å². The van der Waals surface area contributed by atoms with Crippen molar-refractivity contribution in [1.82, 2.24) is 25.8 Å². The molecule has 0 aliphatic carbocycles. The van der Waals surface area contributed by atoms with Gasteiger partial charge in [0.15, 0.2) is 17.3 Å². The highest BCUT2D eigenvalue weighted by atomic mass is 16.6. The number of amides is 3. The summed E-state index contributed by atoms with van der Waals surface area (Å²) in [4.78, 5) is 106. The Morgan fingerprint density at radius 3 is 1.25 bits per heavy atom. The number of carboxylic acids is 1. The van der Waals surface area contributed by atoms with Crippen molar-refractivity contribution in [1.29, 1.82) is 0 Å². The molecule has 4 fully saturated rings. The van der Waals surface area contributed by atoms with E-state index in [1.54, 1.807) is 13.8 Å². The number of ether oxygens (including phenoxy) is 4. The molecule has 2 aromatic rings. The standard InChI is InChI=1S/C31H47N3O6.C25H38N2O4.C6H11NO3/c1-21(2)15-25(32-28(36)19-34-11-13-39-14-12-34)27(35)18-24(17-23-9-7-6-8-10-23)30(38)33-26(16-22(3)4)29(37)31(5)20-40-31;1-16(2)11-20(26)22(28)14-19(13-18-9-7-6-8-10-18)24(30)27-21(12-17(3)4)23(29)25(5)15-31-25;8-6(9)5-7-1-3-10-4-2-7/h6-10,21-22,24-26H,11-20H2,1-5H3,(H,32,36)(H,33,38);6-10,16-17,19-21H,11-15,26H2,1-5H3,(H,27,30);1-5H2,(H,8,9)/t24-,25+,26+,31-;19-,20+,21+,25-;/m11./s1. The molecule has 0 aromatic heterocycles. The van der Waals surface area contributed by atoms with Gasteiger partial charge in [0.2, 0.25) is 17.7 Å². The van der Waals surface area contributed by atoms with Crippen molar-refractivity contribution in [3.8, 4) is 0 Å². The molecule has 6 rings (SSSR count). The SMILES string of the molecule is CC(C)C[C@H](NC(=O)CN1CCOCC1)C(=O)C[C@@H](Cc1ccccc1)C(=O)N[C@@H](CC(C)C)C(=O)[C@@]1(C)CO1.CC(C)C[C@H](NC(=O)[C@@H](CC(=O)[C@@H](N)CC(C)C)Cc1ccccc1)C(=O)[C@@]1(C)CO1.O=C(O)CN1CCOCC1. The third-order valence-electron chi connectivity index (χ3n) is 14.7. The number of carbonyl (C=O) groups excluding carboxylic acids is 7. The average molecular weight is 1130 g/mol. The largest absolute Gasteiger partial charge is 0.480 e. The number of carbonyl (C=O) groups is 8. The molecule has 0 radical (unpaired) electrons. The highest BCUT2D eigenvalue weighted by Crippen LogP contribution is 2.31. The van der Waals surface area contributed by atoms with Crippen molar-refractivity contribution < 1.29 is 62.4 Å². The normalized spacial score (nSPS) is 21.2. The molecule has 0 saturated carbocycles. The van der Waals surface area contributed by atoms with E-state index in [-0.39, 0.29) is 84.5 Å². The fraction of sp³-hybridized carbons (Fsp3) is 0.677. The fourth-order valence-corrected chi connectivity index (χ4v) is 9.85. The second-order valence-corrected chi connectivity index (χ2v) is 24.4. The Morgan fingerprint density at radius 2 is 0.889 bits per heavy atom. The number of hydrogen-bond donors (Lipinski definition) is 5. The van der Waals surface area contributed by atoms with Crippen LogP contribution in [0.4, 0.5) is 0 Å². The Balaban J connectivity index is 0.000000303. The average Bonchev–Trinajstić information content (AvgIpc) is 4.37. The van der Waals surface area contributed by atoms with Gasteiger partial charge < -0.3 is 45.7 Å². The first-order valence-corrected chi connectivity index (χ1v) is 29.2. The first-order chi connectivity index (χ1) is 38.3. The summed E-state index contributed by atoms with van der Waals surface area (Å²) in [6.07, 6.45) is 2.89. The summed E-state index contributed by atoms with van der Waals surface area (Å²) in [6.45, 7) is 26.0. The van der Waals surface area contributed by atoms with Crippen LogP contribution >= 0.6 is 0 Å². The number of carboxylic acid groups (broad SMARTS) is 1. The Hall–Kier alpha value is -5.28. The summed E-state index contributed by atoms with van der Waals surface area (Å²) >= 11 is 0. The maximum atomic E-state index is 13.7. The van der Waals surface area contributed by atoms with Gasteiger partial charge in [-0.15, -0.1) is 0 Å². The molecule has 4 aliphatic rings. The van der Waals surface area contributed by atoms with E-state index < -0.39 is 53.2 Å². The molecule has 0 bridgehead atoms. The van der Waals surface area contributed by atoms with Crippen LogP contribution in [0.25, 0.3) is 0 Å². The van der Waals surface area contributed by atoms with E-state index >= 15 is 0 Å². The van der Waals surface area contributed by atoms with Gasteiger partial charge in [0.05, 0.1) is 76.9 Å². The second kappa shape index (κ2) is 33.7. The van der Waals surface area contributed by atoms with Gasteiger partial charge in [-0.2, -0.15) is 0 Å². The van der Waals surface area contributed by atoms with Gasteiger partial charge in [-0.3, -0.25) is 48.2 Å². The van der Waals surface area contributed by atoms with Crippen molar-refractivity contribution in [2.75, 3.05) is 78.9 Å². The lowest BCUT2D eigenvalue weighted by Crippen LogP contribution is -2.50. The van der Waals surface area contributed by atoms with Crippen molar-refractivity contribution >= 4 is 46.8 Å². The van der Waals surface area contributed by atoms with E-state index in [0.717, 1.165) is 24.2 Å². The molecular formula is C62H96N6O13. The highest BCUT2D eigenvalue weighted by Gasteiger charge is 2.51. The molecule has 6 N–H and O–H groups in total. The molecule has 452 valence electrons. The number of aliphatic carboxylic acids is 1. The molecule has 81 heavy (non-hydrogen) atoms. The van der Waals surface area contributed by atoms with Crippen LogP contribution in [0, 0.1) is 35.5 Å². The molecule has 3 amide bonds. The van der Waals surface area contributed by atoms with Crippen molar-refractivity contribution in [3.63, 3.8) is 0 Å². The third kappa shape index (κ3) is 25.4. The number of nitrogens with one attached hydrogen (secondary N) is 3. The predicted octanol–water partition coefficient (Wildman–Crippen LogP) is 5.03. The van der Waals surface area contributed by atoms with E-state index in [2.05, 4.69) is 16.0 Å². The van der Waals surface area contributed by atoms with Crippen LogP contribution < -0.4 is 21.7 Å². The van der Waals surface area contributed by atoms with Crippen LogP contribution in [0.2, 0.25) is 0 Å². The summed E-state index contributed by atoms with van der Waals surface area (Å²) in [5, 5.41) is 17.2. The van der Waals surface area contributed by atoms with Crippen LogP contribution in [0.3, 0.4) is 0 Å². The molecule has 0 spiro atoms. The molecule has 19 heteroatoms. The van der Waals surface area contributed by atoms with Gasteiger partial charge in [-0.25, -0.2) is 0 Å². The first kappa shape index (κ1) is 68.2. The van der Waals surface area contributed by atoms with Gasteiger partial charge >= 0.3 is 5.97 Å². The number of nitrogens with zero attached hydrogens (tertiary/aromatic N) is 2. The Kier molecular flexibility index (Phi) is 28.4. The minimum Gasteiger partial charge on any atom is -0.480 e. The number of rotatable bonds is 31. The second-order valence-electron chi connectivity index (χ2n) is 24.4. The maximum absolute atomic E-state index is 13.7. The minimum atomic E-state index is -0.856. The van der Waals surface area contributed by atoms with E-state index in [4.69, 9.17) is 29.8 Å². The molecule has 4 saturated heterocycles. The number of Topliss-reactive ketones (excluding diaryl/α,β-unsaturated/α-hetero) is 4. The van der Waals surface area contributed by atoms with Crippen molar-refractivity contribution in [2.24, 2.45) is 41.2 Å². The number of benzene rings is 2. The van der Waals surface area contributed by atoms with Gasteiger partial charge in [-0.05, 0) is 87.2 Å². The Labute approximate surface area is 481 Å². The zero-order valence-corrected chi connectivity index (χ0v) is 50.0. The third-order valence-corrected chi connectivity index (χ3v) is 14.7. The number of ketones is 4. The summed E-state index contributed by atoms with van der Waals surface area (Å²) in [5.74, 6) is -2.49. The van der Waals surface area contributed by atoms with Gasteiger partial charge in [0, 0.05) is 50.9 Å². The summed E-state index contributed by atoms with van der Waals surface area (Å²) in [7, 11) is 0. The number of epoxide rings is 2. The quantitative estimate of drug-likeness (QED) is 0.0620. The molecule has 4 heterocycles. The van der Waals surface area contributed by atoms with E-state index in [9.17, 15) is 38.4 Å². The first-order valence-electron chi connectivity index (χ1n) is 29.2. The van der Waals surface area contributed by atoms with Crippen LogP contribution in [0.15, 0.2) is 60.7 Å². The van der Waals surface area contributed by atoms with E-state index in [0.29, 0.717) is 97.2 Å². The lowest BCUT2D eigenvalue weighted by molar-refractivity contribution is -0.139. The monoisotopic (exact) mass is 1130 g/mol. The topological polar surface area (TPSA) is 269 Å². The fourth-order valence-electron chi connectivity index (χ4n) is 9.85. The number of hydrogen-bond acceptors (Lipinski definition) is 15. The molecule has 4 aliphatic heterocycles. The van der Waals surface area contributed by atoms with Crippen LogP contribution in [0.1, 0.15) is 119 Å². The van der Waals surface area contributed by atoms with Crippen molar-refractivity contribution in [3.05, 3.63) is 71.8 Å². The van der Waals surface area contributed by atoms with Crippen LogP contribution in [-0.4, -0.2) is 176 Å². The minimum absolute atomic E-state index is 0.0354. The number of morpholine rings is 2. The van der Waals surface area contributed by atoms with Gasteiger partial charge in [-0.1, -0.05) is 116 Å². The molecule has 8 atom stereocenters. The summed E-state index contributed by atoms with van der Waals surface area (Å²) in [6, 6.07) is 16.6. The lowest BCUT2D eigenvalue weighted by Gasteiger charge is -2.28. The zero-order chi connectivity index (χ0) is 59.9. The summed E-state index contributed by atoms with van der Waals surface area (Å²) in [5.41, 5.74) is 6.32. The van der Waals surface area contributed by atoms with Gasteiger partial charge in [0.25, 0.3) is 0 Å². The molecule has 2 aromatic carbocycles. The van der Waals surface area contributed by atoms with Crippen molar-refractivity contribution in [2.45, 2.75) is 156 Å².